The van der Waals surface area contributed by atoms with E-state index in [-0.39, 0.29) is 19.6 Å². The van der Waals surface area contributed by atoms with Crippen molar-refractivity contribution in [1.82, 2.24) is 9.62 Å². The van der Waals surface area contributed by atoms with Crippen molar-refractivity contribution in [2.75, 3.05) is 19.4 Å². The first-order chi connectivity index (χ1) is 21.7. The van der Waals surface area contributed by atoms with Gasteiger partial charge in [0.05, 0.1) is 18.4 Å². The lowest BCUT2D eigenvalue weighted by Crippen LogP contribution is -2.56. The number of esters is 2. The van der Waals surface area contributed by atoms with Crippen LogP contribution in [-0.4, -0.2) is 75.7 Å². The van der Waals surface area contributed by atoms with E-state index in [4.69, 9.17) is 9.47 Å². The van der Waals surface area contributed by atoms with Gasteiger partial charge < -0.3 is 14.8 Å². The molecule has 1 amide bonds. The minimum atomic E-state index is -3.60. The Morgan fingerprint density at radius 3 is 2.02 bits per heavy atom. The number of carbonyl (C=O) groups is 3. The van der Waals surface area contributed by atoms with Crippen LogP contribution in [0, 0.1) is 0 Å². The highest BCUT2D eigenvalue weighted by atomic mass is 32.2. The number of rotatable bonds is 12. The summed E-state index contributed by atoms with van der Waals surface area (Å²) in [5.74, 6) is -1.61. The summed E-state index contributed by atoms with van der Waals surface area (Å²) in [6.07, 6.45) is 2.09. The molecule has 3 aromatic carbocycles. The molecule has 46 heavy (non-hydrogen) atoms. The molecule has 0 aliphatic carbocycles. The molecule has 4 rings (SSSR count). The van der Waals surface area contributed by atoms with E-state index in [2.05, 4.69) is 36.1 Å². The second-order valence-corrected chi connectivity index (χ2v) is 19.2. The first-order valence-corrected chi connectivity index (χ1v) is 20.1. The summed E-state index contributed by atoms with van der Waals surface area (Å²) in [7, 11) is -5.88. The molecular weight excluding hydrogens is 621 g/mol. The Kier molecular flexibility index (Phi) is 11.2. The predicted molar refractivity (Wildman–Crippen MR) is 181 cm³/mol. The van der Waals surface area contributed by atoms with Gasteiger partial charge in [-0.15, -0.1) is 0 Å². The molecule has 3 aromatic rings. The van der Waals surface area contributed by atoms with Crippen molar-refractivity contribution < 1.29 is 32.3 Å². The predicted octanol–water partition coefficient (Wildman–Crippen LogP) is 3.53. The number of benzene rings is 3. The Labute approximate surface area is 273 Å². The molecule has 1 saturated heterocycles. The number of hydrogen-bond acceptors (Lipinski definition) is 7. The van der Waals surface area contributed by atoms with Crippen LogP contribution in [0.25, 0.3) is 0 Å². The Balaban J connectivity index is 1.52. The number of sulfonamides is 1. The highest BCUT2D eigenvalue weighted by Gasteiger charge is 2.38. The molecule has 2 atom stereocenters. The van der Waals surface area contributed by atoms with Crippen LogP contribution >= 0.6 is 0 Å². The summed E-state index contributed by atoms with van der Waals surface area (Å²) in [4.78, 5) is 39.6. The molecular formula is C35H44N2O7SSi. The molecule has 9 nitrogen and oxygen atoms in total. The Morgan fingerprint density at radius 2 is 1.50 bits per heavy atom. The third-order valence-electron chi connectivity index (χ3n) is 8.23. The zero-order chi connectivity index (χ0) is 33.5. The van der Waals surface area contributed by atoms with Crippen molar-refractivity contribution in [2.24, 2.45) is 0 Å². The topological polar surface area (TPSA) is 119 Å². The molecule has 0 saturated carbocycles. The van der Waals surface area contributed by atoms with Gasteiger partial charge in [0.15, 0.2) is 0 Å². The van der Waals surface area contributed by atoms with Gasteiger partial charge in [-0.1, -0.05) is 89.7 Å². The minimum Gasteiger partial charge on any atom is -0.464 e. The van der Waals surface area contributed by atoms with E-state index in [0.717, 1.165) is 6.26 Å². The number of amides is 1. The molecule has 1 fully saturated rings. The smallest absolute Gasteiger partial charge is 0.338 e. The van der Waals surface area contributed by atoms with Crippen molar-refractivity contribution in [3.8, 4) is 0 Å². The van der Waals surface area contributed by atoms with Crippen LogP contribution in [-0.2, 0) is 35.5 Å². The standard InChI is InChI=1S/C35H44N2O7SSi/c1-35(2,3)44-33(39)27-20-18-26(19-21-27)25-30(36-32(38)31-17-12-22-37(31)45(4,41)42)34(40)43-23-24-46(5,28-13-8-6-9-14-28)29-15-10-7-11-16-29/h6-11,13-16,18-21,30-31H,12,17,22-25H2,1-5H3,(H,36,38)/t30-,31-/m0/s1. The fourth-order valence-corrected chi connectivity index (χ4v) is 10.1. The van der Waals surface area contributed by atoms with Crippen LogP contribution in [0.5, 0.6) is 0 Å². The van der Waals surface area contributed by atoms with Crippen LogP contribution in [0.2, 0.25) is 12.6 Å². The molecule has 11 heteroatoms. The fourth-order valence-electron chi connectivity index (χ4n) is 5.73. The molecule has 1 aliphatic rings. The second kappa shape index (κ2) is 14.7. The van der Waals surface area contributed by atoms with Gasteiger partial charge in [-0.3, -0.25) is 4.79 Å². The molecule has 1 heterocycles. The molecule has 0 aromatic heterocycles. The second-order valence-electron chi connectivity index (χ2n) is 13.0. The third kappa shape index (κ3) is 9.14. The lowest BCUT2D eigenvalue weighted by atomic mass is 10.0. The average Bonchev–Trinajstić information content (AvgIpc) is 3.52. The molecule has 0 unspecified atom stereocenters. The molecule has 1 aliphatic heterocycles. The fraction of sp³-hybridized carbons (Fsp3) is 0.400. The maximum absolute atomic E-state index is 13.6. The number of nitrogens with one attached hydrogen (secondary N) is 1. The maximum Gasteiger partial charge on any atom is 0.338 e. The molecule has 1 N–H and O–H groups in total. The van der Waals surface area contributed by atoms with E-state index in [1.165, 1.54) is 14.7 Å². The lowest BCUT2D eigenvalue weighted by molar-refractivity contribution is -0.147. The van der Waals surface area contributed by atoms with Gasteiger partial charge in [-0.25, -0.2) is 18.0 Å². The van der Waals surface area contributed by atoms with E-state index >= 15 is 0 Å². The van der Waals surface area contributed by atoms with Crippen molar-refractivity contribution in [3.63, 3.8) is 0 Å². The van der Waals surface area contributed by atoms with Crippen LogP contribution in [0.4, 0.5) is 0 Å². The van der Waals surface area contributed by atoms with Gasteiger partial charge in [0.2, 0.25) is 15.9 Å². The number of hydrogen-bond donors (Lipinski definition) is 1. The summed E-state index contributed by atoms with van der Waals surface area (Å²) < 4.78 is 37.1. The van der Waals surface area contributed by atoms with Gasteiger partial charge in [0.25, 0.3) is 0 Å². The number of carbonyl (C=O) groups excluding carboxylic acids is 3. The highest BCUT2D eigenvalue weighted by molar-refractivity contribution is 7.88. The Hall–Kier alpha value is -3.80. The van der Waals surface area contributed by atoms with Crippen LogP contribution in [0.1, 0.15) is 49.5 Å². The monoisotopic (exact) mass is 664 g/mol. The Bertz CT molecular complexity index is 1570. The Morgan fingerprint density at radius 1 is 0.935 bits per heavy atom. The number of ether oxygens (including phenoxy) is 2. The minimum absolute atomic E-state index is 0.0941. The summed E-state index contributed by atoms with van der Waals surface area (Å²) in [6, 6.07) is 25.8. The summed E-state index contributed by atoms with van der Waals surface area (Å²) >= 11 is 0. The van der Waals surface area contributed by atoms with Crippen molar-refractivity contribution in [3.05, 3.63) is 96.1 Å². The quantitative estimate of drug-likeness (QED) is 0.233. The van der Waals surface area contributed by atoms with Gasteiger partial charge in [-0.05, 0) is 57.4 Å². The van der Waals surface area contributed by atoms with E-state index < -0.39 is 53.6 Å². The van der Waals surface area contributed by atoms with Crippen molar-refractivity contribution in [1.29, 1.82) is 0 Å². The summed E-state index contributed by atoms with van der Waals surface area (Å²) in [5.41, 5.74) is 0.408. The van der Waals surface area contributed by atoms with Crippen LogP contribution in [0.3, 0.4) is 0 Å². The first-order valence-electron chi connectivity index (χ1n) is 15.5. The highest BCUT2D eigenvalue weighted by Crippen LogP contribution is 2.21. The molecule has 0 spiro atoms. The normalized spacial score (nSPS) is 16.4. The van der Waals surface area contributed by atoms with Crippen molar-refractivity contribution >= 4 is 46.3 Å². The van der Waals surface area contributed by atoms with Gasteiger partial charge in [0, 0.05) is 13.0 Å². The zero-order valence-electron chi connectivity index (χ0n) is 27.2. The zero-order valence-corrected chi connectivity index (χ0v) is 29.0. The largest absolute Gasteiger partial charge is 0.464 e. The molecule has 246 valence electrons. The van der Waals surface area contributed by atoms with Crippen LogP contribution < -0.4 is 15.7 Å². The van der Waals surface area contributed by atoms with Gasteiger partial charge in [0.1, 0.15) is 25.8 Å². The van der Waals surface area contributed by atoms with E-state index in [1.54, 1.807) is 45.0 Å². The third-order valence-corrected chi connectivity index (χ3v) is 13.9. The van der Waals surface area contributed by atoms with E-state index in [1.807, 2.05) is 36.4 Å². The van der Waals surface area contributed by atoms with Gasteiger partial charge >= 0.3 is 11.9 Å². The maximum atomic E-state index is 13.6. The van der Waals surface area contributed by atoms with Crippen molar-refractivity contribution in [2.45, 2.75) is 70.3 Å². The van der Waals surface area contributed by atoms with Gasteiger partial charge in [-0.2, -0.15) is 4.31 Å². The van der Waals surface area contributed by atoms with E-state index in [0.29, 0.717) is 30.0 Å². The lowest BCUT2D eigenvalue weighted by Gasteiger charge is -2.29. The number of nitrogens with zero attached hydrogens (tertiary/aromatic N) is 1. The van der Waals surface area contributed by atoms with Crippen LogP contribution in [0.15, 0.2) is 84.9 Å². The molecule has 0 bridgehead atoms. The van der Waals surface area contributed by atoms with E-state index in [9.17, 15) is 22.8 Å². The summed E-state index contributed by atoms with van der Waals surface area (Å²) in [5, 5.41) is 5.22. The molecule has 0 radical (unpaired) electrons. The SMILES string of the molecule is CC(C)(C)OC(=O)c1ccc(C[C@H](NC(=O)[C@@H]2CCCN2S(C)(=O)=O)C(=O)OCC[Si](C)(c2ccccc2)c2ccccc2)cc1. The first kappa shape index (κ1) is 35.1. The average molecular weight is 665 g/mol. The summed E-state index contributed by atoms with van der Waals surface area (Å²) in [6.45, 7) is 8.01.